The third-order valence-electron chi connectivity index (χ3n) is 6.00. The number of hydrogen-bond acceptors (Lipinski definition) is 5. The quantitative estimate of drug-likeness (QED) is 0.341. The summed E-state index contributed by atoms with van der Waals surface area (Å²) < 4.78 is -0.152. The van der Waals surface area contributed by atoms with E-state index in [1.807, 2.05) is 62.4 Å². The van der Waals surface area contributed by atoms with Crippen LogP contribution in [0.25, 0.3) is 0 Å². The predicted molar refractivity (Wildman–Crippen MR) is 134 cm³/mol. The van der Waals surface area contributed by atoms with Gasteiger partial charge in [0.1, 0.15) is 6.54 Å². The van der Waals surface area contributed by atoms with Crippen LogP contribution in [0.5, 0.6) is 0 Å². The number of nitrogens with one attached hydrogen (secondary N) is 1. The molecule has 0 aliphatic carbocycles. The summed E-state index contributed by atoms with van der Waals surface area (Å²) in [5.41, 5.74) is 3.92. The first kappa shape index (κ1) is 27.7. The van der Waals surface area contributed by atoms with Gasteiger partial charge in [0.25, 0.3) is 5.91 Å². The van der Waals surface area contributed by atoms with E-state index in [9.17, 15) is 24.9 Å². The van der Waals surface area contributed by atoms with Crippen LogP contribution in [0.3, 0.4) is 0 Å². The highest BCUT2D eigenvalue weighted by Gasteiger charge is 2.40. The standard InChI is InChI=1S/C21H28N2O3.C7H6O2/c1-15-9-8-10-16(2)21(15)22-20(26)14-23(17(3)24,18(4)25)13-19-11-6-5-7-12-19;8-7(9)6-4-2-1-3-5-6/h5-12,17-18,24-25H,13-14H2,1-4H3;1-5H,(H,8,9). The van der Waals surface area contributed by atoms with E-state index < -0.39 is 18.4 Å². The maximum absolute atomic E-state index is 12.8. The molecule has 7 nitrogen and oxygen atoms in total. The average molecular weight is 479 g/mol. The molecular formula is C28H34N2O5. The lowest BCUT2D eigenvalue weighted by atomic mass is 10.1. The first-order valence-corrected chi connectivity index (χ1v) is 11.5. The molecule has 186 valence electrons. The Kier molecular flexibility index (Phi) is 10.1. The number of nitrogens with zero attached hydrogens (tertiary/aromatic N) is 1. The second kappa shape index (κ2) is 12.8. The summed E-state index contributed by atoms with van der Waals surface area (Å²) in [6.45, 7) is 7.44. The van der Waals surface area contributed by atoms with Gasteiger partial charge in [-0.15, -0.1) is 0 Å². The van der Waals surface area contributed by atoms with Crippen LogP contribution in [0.1, 0.15) is 40.9 Å². The SMILES string of the molecule is Cc1cccc(C)c1NC(=O)C[N+](Cc1ccccc1)(C(C)O)C(C)O.O=C([O-])c1ccccc1. The van der Waals surface area contributed by atoms with Crippen LogP contribution in [0.15, 0.2) is 78.9 Å². The molecule has 2 atom stereocenters. The Morgan fingerprint density at radius 3 is 1.74 bits per heavy atom. The number of aliphatic hydroxyl groups excluding tert-OH is 2. The monoisotopic (exact) mass is 478 g/mol. The van der Waals surface area contributed by atoms with Crippen molar-refractivity contribution in [2.45, 2.75) is 46.7 Å². The summed E-state index contributed by atoms with van der Waals surface area (Å²) in [5, 5.41) is 33.9. The number of quaternary nitrogens is 1. The van der Waals surface area contributed by atoms with Gasteiger partial charge in [-0.1, -0.05) is 78.9 Å². The molecule has 0 aromatic heterocycles. The van der Waals surface area contributed by atoms with Gasteiger partial charge in [-0.25, -0.2) is 0 Å². The Bertz CT molecular complexity index is 1070. The van der Waals surface area contributed by atoms with Crippen molar-refractivity contribution in [3.05, 3.63) is 101 Å². The van der Waals surface area contributed by atoms with E-state index in [1.54, 1.807) is 32.0 Å². The number of aliphatic hydroxyl groups is 2. The van der Waals surface area contributed by atoms with Gasteiger partial charge in [0.15, 0.2) is 19.0 Å². The number of benzene rings is 3. The number of carboxylic acid groups (broad SMARTS) is 1. The van der Waals surface area contributed by atoms with E-state index in [4.69, 9.17) is 0 Å². The zero-order valence-electron chi connectivity index (χ0n) is 20.6. The van der Waals surface area contributed by atoms with Crippen LogP contribution in [0, 0.1) is 13.8 Å². The van der Waals surface area contributed by atoms with Crippen molar-refractivity contribution in [3.63, 3.8) is 0 Å². The number of para-hydroxylation sites is 1. The molecule has 0 aliphatic rings. The number of amides is 1. The van der Waals surface area contributed by atoms with E-state index in [0.29, 0.717) is 6.54 Å². The fourth-order valence-corrected chi connectivity index (χ4v) is 3.85. The Morgan fingerprint density at radius 2 is 1.31 bits per heavy atom. The van der Waals surface area contributed by atoms with Crippen molar-refractivity contribution in [2.24, 2.45) is 0 Å². The molecule has 0 heterocycles. The summed E-state index contributed by atoms with van der Waals surface area (Å²) in [4.78, 5) is 22.9. The number of hydrogen-bond donors (Lipinski definition) is 3. The Labute approximate surface area is 206 Å². The number of aryl methyl sites for hydroxylation is 2. The molecule has 0 bridgehead atoms. The number of anilines is 1. The minimum absolute atomic E-state index is 0.0298. The van der Waals surface area contributed by atoms with Crippen molar-refractivity contribution < 1.29 is 29.4 Å². The Morgan fingerprint density at radius 1 is 0.829 bits per heavy atom. The number of carbonyl (C=O) groups excluding carboxylic acids is 2. The van der Waals surface area contributed by atoms with Crippen LogP contribution < -0.4 is 10.4 Å². The summed E-state index contributed by atoms with van der Waals surface area (Å²) in [6.07, 6.45) is -1.81. The third kappa shape index (κ3) is 7.75. The first-order chi connectivity index (χ1) is 16.6. The van der Waals surface area contributed by atoms with Crippen molar-refractivity contribution in [1.82, 2.24) is 0 Å². The second-order valence-electron chi connectivity index (χ2n) is 8.64. The maximum atomic E-state index is 12.8. The predicted octanol–water partition coefficient (Wildman–Crippen LogP) is 2.99. The van der Waals surface area contributed by atoms with Gasteiger partial charge in [-0.2, -0.15) is 0 Å². The number of carbonyl (C=O) groups is 2. The van der Waals surface area contributed by atoms with Crippen molar-refractivity contribution in [3.8, 4) is 0 Å². The van der Waals surface area contributed by atoms with E-state index in [1.165, 1.54) is 12.1 Å². The highest BCUT2D eigenvalue weighted by atomic mass is 16.4. The van der Waals surface area contributed by atoms with E-state index in [-0.39, 0.29) is 22.5 Å². The molecule has 3 aromatic rings. The van der Waals surface area contributed by atoms with Gasteiger partial charge >= 0.3 is 0 Å². The lowest BCUT2D eigenvalue weighted by Gasteiger charge is -2.42. The Balaban J connectivity index is 0.000000402. The van der Waals surface area contributed by atoms with Crippen LogP contribution >= 0.6 is 0 Å². The fourth-order valence-electron chi connectivity index (χ4n) is 3.85. The fraction of sp³-hybridized carbons (Fsp3) is 0.286. The third-order valence-corrected chi connectivity index (χ3v) is 6.00. The molecule has 1 amide bonds. The molecule has 3 aromatic carbocycles. The summed E-state index contributed by atoms with van der Waals surface area (Å²) in [7, 11) is 0. The molecule has 3 N–H and O–H groups in total. The largest absolute Gasteiger partial charge is 0.545 e. The topological polar surface area (TPSA) is 110 Å². The van der Waals surface area contributed by atoms with Gasteiger partial charge in [0.2, 0.25) is 0 Å². The molecule has 7 heteroatoms. The molecule has 0 aliphatic heterocycles. The van der Waals surface area contributed by atoms with E-state index in [0.717, 1.165) is 22.4 Å². The molecule has 0 saturated carbocycles. The summed E-state index contributed by atoms with van der Waals surface area (Å²) in [5.74, 6) is -1.37. The molecule has 0 fully saturated rings. The highest BCUT2D eigenvalue weighted by molar-refractivity contribution is 5.93. The number of aromatic carboxylic acids is 1. The van der Waals surface area contributed by atoms with Crippen LogP contribution in [0.4, 0.5) is 5.69 Å². The second-order valence-corrected chi connectivity index (χ2v) is 8.64. The summed E-state index contributed by atoms with van der Waals surface area (Å²) in [6, 6.07) is 23.5. The van der Waals surface area contributed by atoms with Crippen molar-refractivity contribution in [2.75, 3.05) is 11.9 Å². The molecule has 0 spiro atoms. The zero-order chi connectivity index (χ0) is 26.0. The van der Waals surface area contributed by atoms with Gasteiger partial charge in [-0.05, 0) is 30.5 Å². The van der Waals surface area contributed by atoms with Gasteiger partial charge in [-0.3, -0.25) is 9.28 Å². The molecule has 0 radical (unpaired) electrons. The molecule has 35 heavy (non-hydrogen) atoms. The molecular weight excluding hydrogens is 444 g/mol. The zero-order valence-corrected chi connectivity index (χ0v) is 20.6. The minimum atomic E-state index is -1.13. The minimum Gasteiger partial charge on any atom is -0.545 e. The van der Waals surface area contributed by atoms with Gasteiger partial charge in [0.05, 0.1) is 5.97 Å². The van der Waals surface area contributed by atoms with Gasteiger partial charge < -0.3 is 25.4 Å². The molecule has 3 rings (SSSR count). The molecule has 2 unspecified atom stereocenters. The van der Waals surface area contributed by atoms with Gasteiger partial charge in [0, 0.05) is 25.1 Å². The normalized spacial score (nSPS) is 14.0. The lowest BCUT2D eigenvalue weighted by Crippen LogP contribution is -2.61. The Hall–Kier alpha value is -3.52. The van der Waals surface area contributed by atoms with Crippen LogP contribution in [0.2, 0.25) is 0 Å². The summed E-state index contributed by atoms with van der Waals surface area (Å²) >= 11 is 0. The van der Waals surface area contributed by atoms with Crippen molar-refractivity contribution >= 4 is 17.6 Å². The average Bonchev–Trinajstić information content (AvgIpc) is 2.82. The van der Waals surface area contributed by atoms with Crippen LogP contribution in [-0.4, -0.2) is 45.6 Å². The van der Waals surface area contributed by atoms with E-state index >= 15 is 0 Å². The lowest BCUT2D eigenvalue weighted by molar-refractivity contribution is -1.01. The van der Waals surface area contributed by atoms with Crippen LogP contribution in [-0.2, 0) is 11.3 Å². The number of carboxylic acids is 1. The highest BCUT2D eigenvalue weighted by Crippen LogP contribution is 2.24. The van der Waals surface area contributed by atoms with Crippen molar-refractivity contribution in [1.29, 1.82) is 0 Å². The smallest absolute Gasteiger partial charge is 0.279 e. The number of rotatable bonds is 8. The maximum Gasteiger partial charge on any atom is 0.279 e. The molecule has 0 saturated heterocycles. The van der Waals surface area contributed by atoms with E-state index in [2.05, 4.69) is 5.32 Å². The first-order valence-electron chi connectivity index (χ1n) is 11.5.